The lowest BCUT2D eigenvalue weighted by Crippen LogP contribution is -2.57. The van der Waals surface area contributed by atoms with Crippen LogP contribution in [0.1, 0.15) is 75.2 Å². The Hall–Kier alpha value is 0.301. The summed E-state index contributed by atoms with van der Waals surface area (Å²) in [4.78, 5) is -0.629. The van der Waals surface area contributed by atoms with Crippen molar-refractivity contribution in [3.63, 3.8) is 0 Å². The Morgan fingerprint density at radius 2 is 1.43 bits per heavy atom. The maximum absolute atomic E-state index is 7.72. The van der Waals surface area contributed by atoms with E-state index in [1.807, 2.05) is 6.08 Å². The Morgan fingerprint density at radius 3 is 1.83 bits per heavy atom. The summed E-state index contributed by atoms with van der Waals surface area (Å²) < 4.78 is 21.0. The lowest BCUT2D eigenvalue weighted by atomic mass is 9.83. The first-order chi connectivity index (χ1) is 16.2. The molecule has 1 aliphatic rings. The number of halogens is 1. The Kier molecular flexibility index (Phi) is 12.7. The summed E-state index contributed by atoms with van der Waals surface area (Å²) in [7, 11) is -5.67. The molecule has 0 fully saturated rings. The number of allylic oxidation sites excluding steroid dienone is 1. The van der Waals surface area contributed by atoms with Gasteiger partial charge in [0.2, 0.25) is 0 Å². The first-order valence-corrected chi connectivity index (χ1v) is 22.5. The molecule has 0 spiro atoms. The van der Waals surface area contributed by atoms with E-state index in [0.717, 1.165) is 49.1 Å². The van der Waals surface area contributed by atoms with Crippen LogP contribution in [0.2, 0.25) is 54.4 Å². The van der Waals surface area contributed by atoms with Crippen molar-refractivity contribution >= 4 is 36.6 Å². The van der Waals surface area contributed by atoms with Crippen molar-refractivity contribution in [2.24, 2.45) is 0 Å². The average Bonchev–Trinajstić information content (AvgIpc) is 2.80. The van der Waals surface area contributed by atoms with Gasteiger partial charge in [-0.3, -0.25) is 0 Å². The second-order valence-electron chi connectivity index (χ2n) is 12.2. The fraction of sp³-hybridized carbons (Fsp3) is 0.857. The topological polar surface area (TPSA) is 27.7 Å². The fourth-order valence-corrected chi connectivity index (χ4v) is 12.4. The highest BCUT2D eigenvalue weighted by molar-refractivity contribution is 6.74. The third kappa shape index (κ3) is 8.14. The first kappa shape index (κ1) is 33.3. The van der Waals surface area contributed by atoms with Gasteiger partial charge in [0.1, 0.15) is 0 Å². The second-order valence-corrected chi connectivity index (χ2v) is 27.2. The van der Waals surface area contributed by atoms with E-state index in [4.69, 9.17) is 24.9 Å². The lowest BCUT2D eigenvalue weighted by Gasteiger charge is -2.49. The maximum Gasteiger partial charge on any atom is 0.192 e. The van der Waals surface area contributed by atoms with Crippen molar-refractivity contribution in [3.8, 4) is 0 Å². The van der Waals surface area contributed by atoms with Gasteiger partial charge < -0.3 is 13.3 Å². The second kappa shape index (κ2) is 13.4. The van der Waals surface area contributed by atoms with Gasteiger partial charge in [-0.2, -0.15) is 0 Å². The molecule has 0 aromatic rings. The predicted octanol–water partition coefficient (Wildman–Crippen LogP) is 9.67. The van der Waals surface area contributed by atoms with E-state index < -0.39 is 29.8 Å². The van der Waals surface area contributed by atoms with Gasteiger partial charge in [0, 0.05) is 6.42 Å². The minimum absolute atomic E-state index is 0.0197. The maximum atomic E-state index is 7.72. The highest BCUT2D eigenvalue weighted by Gasteiger charge is 2.51. The molecule has 3 atom stereocenters. The summed E-state index contributed by atoms with van der Waals surface area (Å²) in [6, 6.07) is 6.67. The molecular formula is C28H57ClO3Si3. The number of hydrogen-bond acceptors (Lipinski definition) is 3. The summed E-state index contributed by atoms with van der Waals surface area (Å²) in [5, 5.41) is 0.141. The van der Waals surface area contributed by atoms with Crippen molar-refractivity contribution in [1.29, 1.82) is 0 Å². The van der Waals surface area contributed by atoms with Gasteiger partial charge in [0.15, 0.2) is 25.0 Å². The van der Waals surface area contributed by atoms with Gasteiger partial charge in [-0.25, -0.2) is 0 Å². The minimum Gasteiger partial charge on any atom is -0.415 e. The van der Waals surface area contributed by atoms with Crippen LogP contribution in [0.15, 0.2) is 24.3 Å². The third-order valence-electron chi connectivity index (χ3n) is 9.23. The summed E-state index contributed by atoms with van der Waals surface area (Å²) in [6.07, 6.45) is 5.66. The highest BCUT2D eigenvalue weighted by atomic mass is 35.5. The zero-order chi connectivity index (χ0) is 27.1. The van der Waals surface area contributed by atoms with Gasteiger partial charge in [0.05, 0.1) is 23.7 Å². The Morgan fingerprint density at radius 1 is 0.943 bits per heavy atom. The van der Waals surface area contributed by atoms with E-state index in [0.29, 0.717) is 6.61 Å². The molecule has 0 radical (unpaired) electrons. The van der Waals surface area contributed by atoms with Gasteiger partial charge in [-0.15, -0.1) is 18.2 Å². The predicted molar refractivity (Wildman–Crippen MR) is 163 cm³/mol. The summed E-state index contributed by atoms with van der Waals surface area (Å²) in [6.45, 7) is 29.9. The Balaban J connectivity index is 3.54. The van der Waals surface area contributed by atoms with E-state index in [-0.39, 0.29) is 17.2 Å². The van der Waals surface area contributed by atoms with Crippen LogP contribution in [0.5, 0.6) is 0 Å². The van der Waals surface area contributed by atoms with Crippen LogP contribution in [-0.2, 0) is 13.3 Å². The molecule has 206 valence electrons. The van der Waals surface area contributed by atoms with E-state index in [1.54, 1.807) is 0 Å². The molecule has 0 saturated carbocycles. The van der Waals surface area contributed by atoms with Crippen LogP contribution in [-0.4, -0.2) is 48.6 Å². The van der Waals surface area contributed by atoms with Crippen molar-refractivity contribution in [2.45, 2.75) is 147 Å². The smallest absolute Gasteiger partial charge is 0.192 e. The molecular weight excluding hydrogens is 504 g/mol. The summed E-state index contributed by atoms with van der Waals surface area (Å²) in [5.41, 5.74) is 1.23. The van der Waals surface area contributed by atoms with Gasteiger partial charge >= 0.3 is 0 Å². The zero-order valence-electron chi connectivity index (χ0n) is 25.0. The Bertz CT molecular complexity index is 680. The van der Waals surface area contributed by atoms with Gasteiger partial charge in [-0.05, 0) is 66.4 Å². The normalized spacial score (nSPS) is 24.4. The molecule has 7 heteroatoms. The summed E-state index contributed by atoms with van der Waals surface area (Å²) >= 11 is 7.72. The summed E-state index contributed by atoms with van der Waals surface area (Å²) in [5.74, 6) is 0. The van der Waals surface area contributed by atoms with E-state index in [2.05, 4.69) is 88.1 Å². The van der Waals surface area contributed by atoms with Crippen LogP contribution in [0.25, 0.3) is 0 Å². The molecule has 0 bridgehead atoms. The van der Waals surface area contributed by atoms with Crippen molar-refractivity contribution in [3.05, 3.63) is 24.3 Å². The highest BCUT2D eigenvalue weighted by Crippen LogP contribution is 2.45. The number of alkyl halides is 1. The van der Waals surface area contributed by atoms with Crippen LogP contribution >= 0.6 is 11.6 Å². The molecule has 35 heavy (non-hydrogen) atoms. The molecule has 0 aliphatic heterocycles. The molecule has 0 heterocycles. The van der Waals surface area contributed by atoms with Crippen molar-refractivity contribution in [1.82, 2.24) is 0 Å². The third-order valence-corrected chi connectivity index (χ3v) is 23.4. The molecule has 1 aliphatic carbocycles. The SMILES string of the molecule is C=CCC1=C[C@@H](O[Si](C)(C)C(C)(C)C)C[C@](Cl)(CO[Si](CC)(CC)CC)[C@H]1O[Si](CC)(CC)CC. The first-order valence-electron chi connectivity index (χ1n) is 14.2. The molecule has 0 unspecified atom stereocenters. The zero-order valence-corrected chi connectivity index (χ0v) is 28.7. The largest absolute Gasteiger partial charge is 0.415 e. The monoisotopic (exact) mass is 560 g/mol. The Labute approximate surface area is 226 Å². The van der Waals surface area contributed by atoms with E-state index >= 15 is 0 Å². The van der Waals surface area contributed by atoms with Crippen LogP contribution in [0.3, 0.4) is 0 Å². The van der Waals surface area contributed by atoms with Crippen LogP contribution in [0, 0.1) is 0 Å². The fourth-order valence-electron chi connectivity index (χ4n) is 5.03. The molecule has 0 amide bonds. The number of hydrogen-bond donors (Lipinski definition) is 0. The van der Waals surface area contributed by atoms with Crippen LogP contribution < -0.4 is 0 Å². The van der Waals surface area contributed by atoms with E-state index in [1.165, 1.54) is 5.57 Å². The van der Waals surface area contributed by atoms with Gasteiger partial charge in [-0.1, -0.05) is 74.5 Å². The average molecular weight is 561 g/mol. The molecule has 3 nitrogen and oxygen atoms in total. The molecule has 1 rings (SSSR count). The molecule has 0 aromatic heterocycles. The van der Waals surface area contributed by atoms with Crippen LogP contribution in [0.4, 0.5) is 0 Å². The molecule has 0 N–H and O–H groups in total. The quantitative estimate of drug-likeness (QED) is 0.113. The minimum atomic E-state index is -1.97. The van der Waals surface area contributed by atoms with E-state index in [9.17, 15) is 0 Å². The molecule has 0 aromatic carbocycles. The molecule has 0 saturated heterocycles. The van der Waals surface area contributed by atoms with Crippen molar-refractivity contribution < 1.29 is 13.3 Å². The van der Waals surface area contributed by atoms with Crippen molar-refractivity contribution in [2.75, 3.05) is 6.61 Å². The lowest BCUT2D eigenvalue weighted by molar-refractivity contribution is 0.0764. The number of rotatable bonds is 15. The standard InChI is InChI=1S/C28H57ClO3Si3/c1-13-20-24-21-25(31-33(11,12)27(8,9)10)22-28(29,23-30-34(14-2,15-3)16-4)26(24)32-35(17-5,18-6)19-7/h13,21,25-26H,1,14-20,22-23H2,2-12H3/t25-,26+,28+/m1/s1. The van der Waals surface area contributed by atoms with Gasteiger partial charge in [0.25, 0.3) is 0 Å².